The van der Waals surface area contributed by atoms with Crippen LogP contribution in [0.3, 0.4) is 0 Å². The number of primary amides is 1. The number of nitrogens with zero attached hydrogens (tertiary/aromatic N) is 3. The Bertz CT molecular complexity index is 624. The molecule has 0 saturated heterocycles. The fraction of sp³-hybridized carbons (Fsp3) is 0.154. The molecule has 2 aromatic rings. The molecule has 0 saturated carbocycles. The summed E-state index contributed by atoms with van der Waals surface area (Å²) in [5, 5.41) is 8.69. The van der Waals surface area contributed by atoms with Crippen molar-refractivity contribution in [3.05, 3.63) is 42.7 Å². The van der Waals surface area contributed by atoms with Gasteiger partial charge in [-0.3, -0.25) is 9.36 Å². The number of hydrogen-bond acceptors (Lipinski definition) is 4. The average Bonchev–Trinajstić information content (AvgIpc) is 2.81. The number of hydrogen-bond donors (Lipinski definition) is 1. The van der Waals surface area contributed by atoms with Crippen LogP contribution >= 0.6 is 11.8 Å². The van der Waals surface area contributed by atoms with Crippen LogP contribution in [-0.2, 0) is 11.3 Å². The molecule has 0 aliphatic heterocycles. The summed E-state index contributed by atoms with van der Waals surface area (Å²) in [4.78, 5) is 10.8. The van der Waals surface area contributed by atoms with E-state index >= 15 is 0 Å². The molecule has 0 aliphatic carbocycles. The molecule has 1 aromatic heterocycles. The first-order chi connectivity index (χ1) is 9.61. The number of rotatable bonds is 6. The van der Waals surface area contributed by atoms with Crippen molar-refractivity contribution in [2.75, 3.05) is 5.75 Å². The number of amides is 1. The molecule has 5 nitrogen and oxygen atoms in total. The van der Waals surface area contributed by atoms with Crippen LogP contribution in [0.15, 0.2) is 42.1 Å². The largest absolute Gasteiger partial charge is 0.369 e. The third-order valence-corrected chi connectivity index (χ3v) is 3.46. The molecular weight excluding hydrogens is 279 g/mol. The van der Waals surface area contributed by atoms with Crippen molar-refractivity contribution in [1.29, 1.82) is 0 Å². The molecule has 1 heterocycles. The molecule has 0 fully saturated rings. The van der Waals surface area contributed by atoms with Gasteiger partial charge in [-0.1, -0.05) is 17.8 Å². The second-order valence-electron chi connectivity index (χ2n) is 3.97. The van der Waals surface area contributed by atoms with Gasteiger partial charge in [-0.15, -0.1) is 16.8 Å². The fourth-order valence-electron chi connectivity index (χ4n) is 1.64. The van der Waals surface area contributed by atoms with Crippen LogP contribution < -0.4 is 5.73 Å². The minimum Gasteiger partial charge on any atom is -0.369 e. The third-order valence-electron chi connectivity index (χ3n) is 2.47. The quantitative estimate of drug-likeness (QED) is 0.651. The van der Waals surface area contributed by atoms with Crippen LogP contribution in [0.5, 0.6) is 0 Å². The lowest BCUT2D eigenvalue weighted by Crippen LogP contribution is -2.13. The zero-order valence-electron chi connectivity index (χ0n) is 10.6. The molecule has 104 valence electrons. The van der Waals surface area contributed by atoms with E-state index in [9.17, 15) is 9.18 Å². The number of aromatic nitrogens is 3. The van der Waals surface area contributed by atoms with E-state index in [2.05, 4.69) is 16.8 Å². The van der Waals surface area contributed by atoms with Crippen LogP contribution in [0.25, 0.3) is 11.4 Å². The molecule has 0 atom stereocenters. The fourth-order valence-corrected chi connectivity index (χ4v) is 2.32. The first-order valence-corrected chi connectivity index (χ1v) is 6.81. The number of carbonyl (C=O) groups is 1. The molecule has 0 bridgehead atoms. The van der Waals surface area contributed by atoms with Crippen LogP contribution in [0.4, 0.5) is 4.39 Å². The van der Waals surface area contributed by atoms with Crippen molar-refractivity contribution in [3.8, 4) is 11.4 Å². The Labute approximate surface area is 119 Å². The highest BCUT2D eigenvalue weighted by atomic mass is 32.2. The van der Waals surface area contributed by atoms with Crippen molar-refractivity contribution >= 4 is 17.7 Å². The summed E-state index contributed by atoms with van der Waals surface area (Å²) in [6, 6.07) is 5.97. The third kappa shape index (κ3) is 3.24. The van der Waals surface area contributed by atoms with Gasteiger partial charge in [0.2, 0.25) is 5.91 Å². The van der Waals surface area contributed by atoms with E-state index in [4.69, 9.17) is 5.73 Å². The van der Waals surface area contributed by atoms with Crippen LogP contribution in [0.1, 0.15) is 0 Å². The molecule has 1 aromatic carbocycles. The van der Waals surface area contributed by atoms with Gasteiger partial charge in [-0.05, 0) is 24.3 Å². The lowest BCUT2D eigenvalue weighted by Gasteiger charge is -2.07. The Kier molecular flexibility index (Phi) is 4.52. The number of benzene rings is 1. The van der Waals surface area contributed by atoms with Gasteiger partial charge in [0.25, 0.3) is 0 Å². The summed E-state index contributed by atoms with van der Waals surface area (Å²) < 4.78 is 14.8. The minimum atomic E-state index is -0.425. The Morgan fingerprint density at radius 3 is 2.70 bits per heavy atom. The molecule has 20 heavy (non-hydrogen) atoms. The normalized spacial score (nSPS) is 10.4. The average molecular weight is 292 g/mol. The predicted molar refractivity (Wildman–Crippen MR) is 75.5 cm³/mol. The Morgan fingerprint density at radius 2 is 2.10 bits per heavy atom. The highest BCUT2D eigenvalue weighted by Crippen LogP contribution is 2.24. The molecule has 0 aliphatic rings. The lowest BCUT2D eigenvalue weighted by molar-refractivity contribution is -0.115. The van der Waals surface area contributed by atoms with Gasteiger partial charge < -0.3 is 5.73 Å². The van der Waals surface area contributed by atoms with E-state index in [0.717, 1.165) is 5.56 Å². The van der Waals surface area contributed by atoms with Gasteiger partial charge in [0.15, 0.2) is 11.0 Å². The molecule has 2 rings (SSSR count). The van der Waals surface area contributed by atoms with Crippen LogP contribution in [-0.4, -0.2) is 26.4 Å². The number of thioether (sulfide) groups is 1. The van der Waals surface area contributed by atoms with Crippen molar-refractivity contribution < 1.29 is 9.18 Å². The van der Waals surface area contributed by atoms with Crippen molar-refractivity contribution in [1.82, 2.24) is 14.8 Å². The predicted octanol–water partition coefficient (Wildman–Crippen LogP) is 1.85. The van der Waals surface area contributed by atoms with E-state index in [1.165, 1.54) is 23.9 Å². The summed E-state index contributed by atoms with van der Waals surface area (Å²) in [5.74, 6) is -0.0196. The van der Waals surface area contributed by atoms with Gasteiger partial charge in [0.1, 0.15) is 5.82 Å². The standard InChI is InChI=1S/C13H13FN4OS/c1-2-7-18-12(9-3-5-10(14)6-4-9)16-17-13(18)20-8-11(15)19/h2-6H,1,7-8H2,(H2,15,19). The smallest absolute Gasteiger partial charge is 0.227 e. The highest BCUT2D eigenvalue weighted by Gasteiger charge is 2.14. The van der Waals surface area contributed by atoms with Gasteiger partial charge in [0.05, 0.1) is 5.75 Å². The summed E-state index contributed by atoms with van der Waals surface area (Å²) in [6.07, 6.45) is 1.70. The topological polar surface area (TPSA) is 73.8 Å². The number of nitrogens with two attached hydrogens (primary N) is 1. The van der Waals surface area contributed by atoms with E-state index in [-0.39, 0.29) is 11.6 Å². The highest BCUT2D eigenvalue weighted by molar-refractivity contribution is 7.99. The Morgan fingerprint density at radius 1 is 1.40 bits per heavy atom. The first-order valence-electron chi connectivity index (χ1n) is 5.83. The second-order valence-corrected chi connectivity index (χ2v) is 4.91. The number of halogens is 1. The van der Waals surface area contributed by atoms with Gasteiger partial charge in [0, 0.05) is 12.1 Å². The molecule has 7 heteroatoms. The number of carbonyl (C=O) groups excluding carboxylic acids is 1. The summed E-state index contributed by atoms with van der Waals surface area (Å²) in [7, 11) is 0. The van der Waals surface area contributed by atoms with Gasteiger partial charge in [-0.2, -0.15) is 0 Å². The summed E-state index contributed by atoms with van der Waals surface area (Å²) >= 11 is 1.21. The first kappa shape index (κ1) is 14.3. The van der Waals surface area contributed by atoms with E-state index in [1.807, 2.05) is 0 Å². The van der Waals surface area contributed by atoms with Crippen molar-refractivity contribution in [3.63, 3.8) is 0 Å². The summed E-state index contributed by atoms with van der Waals surface area (Å²) in [5.41, 5.74) is 5.86. The molecule has 2 N–H and O–H groups in total. The molecule has 0 unspecified atom stereocenters. The molecular formula is C13H13FN4OS. The Hall–Kier alpha value is -2.15. The van der Waals surface area contributed by atoms with E-state index in [0.29, 0.717) is 17.5 Å². The monoisotopic (exact) mass is 292 g/mol. The van der Waals surface area contributed by atoms with Crippen molar-refractivity contribution in [2.24, 2.45) is 5.73 Å². The molecule has 1 amide bonds. The SMILES string of the molecule is C=CCn1c(SCC(N)=O)nnc1-c1ccc(F)cc1. The van der Waals surface area contributed by atoms with E-state index in [1.54, 1.807) is 22.8 Å². The Balaban J connectivity index is 2.35. The van der Waals surface area contributed by atoms with Crippen molar-refractivity contribution in [2.45, 2.75) is 11.7 Å². The molecule has 0 radical (unpaired) electrons. The zero-order valence-corrected chi connectivity index (χ0v) is 11.4. The lowest BCUT2D eigenvalue weighted by atomic mass is 10.2. The minimum absolute atomic E-state index is 0.124. The maximum absolute atomic E-state index is 13.0. The summed E-state index contributed by atoms with van der Waals surface area (Å²) in [6.45, 7) is 4.17. The molecule has 0 spiro atoms. The van der Waals surface area contributed by atoms with Gasteiger partial charge in [-0.25, -0.2) is 4.39 Å². The maximum atomic E-state index is 13.0. The second kappa shape index (κ2) is 6.33. The maximum Gasteiger partial charge on any atom is 0.227 e. The van der Waals surface area contributed by atoms with Crippen LogP contribution in [0, 0.1) is 5.82 Å². The van der Waals surface area contributed by atoms with E-state index < -0.39 is 5.91 Å². The van der Waals surface area contributed by atoms with Crippen LogP contribution in [0.2, 0.25) is 0 Å². The van der Waals surface area contributed by atoms with Gasteiger partial charge >= 0.3 is 0 Å². The zero-order chi connectivity index (χ0) is 14.5. The number of allylic oxidation sites excluding steroid dienone is 1.